The highest BCUT2D eigenvalue weighted by atomic mass is 16.5. The predicted molar refractivity (Wildman–Crippen MR) is 82.6 cm³/mol. The summed E-state index contributed by atoms with van der Waals surface area (Å²) in [5, 5.41) is 3.17. The number of aromatic nitrogens is 1. The Labute approximate surface area is 123 Å². The zero-order valence-electron chi connectivity index (χ0n) is 12.3. The van der Waals surface area contributed by atoms with E-state index in [0.29, 0.717) is 29.7 Å². The van der Waals surface area contributed by atoms with Gasteiger partial charge in [-0.1, -0.05) is 0 Å². The maximum Gasteiger partial charge on any atom is 0.239 e. The highest BCUT2D eigenvalue weighted by molar-refractivity contribution is 5.67. The Morgan fingerprint density at radius 1 is 1.14 bits per heavy atom. The molecular formula is C15H19N3O3. The first-order valence-corrected chi connectivity index (χ1v) is 6.56. The molecule has 0 saturated carbocycles. The maximum atomic E-state index is 5.81. The van der Waals surface area contributed by atoms with Crippen LogP contribution in [0.4, 0.5) is 17.2 Å². The number of pyridine rings is 1. The van der Waals surface area contributed by atoms with Crippen LogP contribution in [-0.2, 0) is 0 Å². The summed E-state index contributed by atoms with van der Waals surface area (Å²) in [5.41, 5.74) is 7.09. The maximum absolute atomic E-state index is 5.81. The van der Waals surface area contributed by atoms with Crippen LogP contribution in [0.3, 0.4) is 0 Å². The third-order valence-corrected chi connectivity index (χ3v) is 2.84. The quantitative estimate of drug-likeness (QED) is 0.851. The number of methoxy groups -OCH3 is 2. The van der Waals surface area contributed by atoms with Crippen molar-refractivity contribution in [1.82, 2.24) is 4.98 Å². The van der Waals surface area contributed by atoms with Crippen molar-refractivity contribution in [2.75, 3.05) is 31.9 Å². The minimum absolute atomic E-state index is 0.412. The van der Waals surface area contributed by atoms with Crippen LogP contribution in [0.1, 0.15) is 6.92 Å². The number of nitrogen functional groups attached to an aromatic ring is 1. The molecule has 1 aromatic heterocycles. The normalized spacial score (nSPS) is 10.0. The summed E-state index contributed by atoms with van der Waals surface area (Å²) in [6.45, 7) is 2.39. The number of hydrogen-bond donors (Lipinski definition) is 2. The van der Waals surface area contributed by atoms with E-state index in [4.69, 9.17) is 19.9 Å². The van der Waals surface area contributed by atoms with Crippen LogP contribution in [-0.4, -0.2) is 25.8 Å². The number of anilines is 3. The topological polar surface area (TPSA) is 78.6 Å². The lowest BCUT2D eigenvalue weighted by Gasteiger charge is -2.13. The third kappa shape index (κ3) is 3.47. The van der Waals surface area contributed by atoms with E-state index in [1.54, 1.807) is 32.4 Å². The lowest BCUT2D eigenvalue weighted by Crippen LogP contribution is -2.02. The molecule has 0 unspecified atom stereocenters. The second kappa shape index (κ2) is 6.69. The Hall–Kier alpha value is -2.63. The summed E-state index contributed by atoms with van der Waals surface area (Å²) >= 11 is 0. The molecule has 3 N–H and O–H groups in total. The molecule has 0 aliphatic carbocycles. The molecule has 0 saturated heterocycles. The van der Waals surface area contributed by atoms with E-state index in [2.05, 4.69) is 10.3 Å². The van der Waals surface area contributed by atoms with Crippen LogP contribution >= 0.6 is 0 Å². The summed E-state index contributed by atoms with van der Waals surface area (Å²) in [5.74, 6) is 2.41. The summed E-state index contributed by atoms with van der Waals surface area (Å²) in [6, 6.07) is 9.02. The fourth-order valence-corrected chi connectivity index (χ4v) is 1.81. The van der Waals surface area contributed by atoms with Gasteiger partial charge in [0.15, 0.2) is 0 Å². The molecule has 6 heteroatoms. The van der Waals surface area contributed by atoms with Crippen LogP contribution in [0, 0.1) is 0 Å². The molecule has 2 rings (SSSR count). The van der Waals surface area contributed by atoms with E-state index in [0.717, 1.165) is 11.4 Å². The largest absolute Gasteiger partial charge is 0.497 e. The number of nitrogens with two attached hydrogens (primary N) is 1. The Bertz CT molecular complexity index is 617. The molecule has 1 aromatic carbocycles. The second-order valence-electron chi connectivity index (χ2n) is 4.22. The van der Waals surface area contributed by atoms with Gasteiger partial charge in [0.2, 0.25) is 5.88 Å². The summed E-state index contributed by atoms with van der Waals surface area (Å²) in [6.07, 6.45) is 0. The number of nitrogens with zero attached hydrogens (tertiary/aromatic N) is 1. The smallest absolute Gasteiger partial charge is 0.239 e. The molecule has 112 valence electrons. The van der Waals surface area contributed by atoms with E-state index >= 15 is 0 Å². The molecule has 0 atom stereocenters. The minimum atomic E-state index is 0.412. The minimum Gasteiger partial charge on any atom is -0.497 e. The van der Waals surface area contributed by atoms with Crippen molar-refractivity contribution in [2.45, 2.75) is 6.92 Å². The van der Waals surface area contributed by atoms with Crippen molar-refractivity contribution in [1.29, 1.82) is 0 Å². The monoisotopic (exact) mass is 289 g/mol. The molecule has 6 nitrogen and oxygen atoms in total. The van der Waals surface area contributed by atoms with Crippen LogP contribution < -0.4 is 25.3 Å². The first kappa shape index (κ1) is 14.8. The average molecular weight is 289 g/mol. The molecular weight excluding hydrogens is 270 g/mol. The van der Waals surface area contributed by atoms with Crippen LogP contribution in [0.25, 0.3) is 0 Å². The zero-order valence-corrected chi connectivity index (χ0v) is 12.3. The van der Waals surface area contributed by atoms with Gasteiger partial charge < -0.3 is 25.3 Å². The average Bonchev–Trinajstić information content (AvgIpc) is 2.51. The van der Waals surface area contributed by atoms with Crippen LogP contribution in [0.5, 0.6) is 17.4 Å². The number of benzene rings is 1. The van der Waals surface area contributed by atoms with Gasteiger partial charge in [-0.15, -0.1) is 0 Å². The van der Waals surface area contributed by atoms with Crippen LogP contribution in [0.2, 0.25) is 0 Å². The van der Waals surface area contributed by atoms with E-state index in [1.165, 1.54) is 0 Å². The van der Waals surface area contributed by atoms with Gasteiger partial charge in [-0.05, 0) is 31.2 Å². The van der Waals surface area contributed by atoms with Gasteiger partial charge >= 0.3 is 0 Å². The molecule has 0 bridgehead atoms. The molecule has 0 spiro atoms. The molecule has 0 aliphatic rings. The van der Waals surface area contributed by atoms with E-state index in [9.17, 15) is 0 Å². The fraction of sp³-hybridized carbons (Fsp3) is 0.267. The van der Waals surface area contributed by atoms with E-state index in [-0.39, 0.29) is 0 Å². The lowest BCUT2D eigenvalue weighted by atomic mass is 10.2. The van der Waals surface area contributed by atoms with Crippen molar-refractivity contribution < 1.29 is 14.2 Å². The Balaban J connectivity index is 2.27. The van der Waals surface area contributed by atoms with Crippen molar-refractivity contribution in [2.24, 2.45) is 0 Å². The van der Waals surface area contributed by atoms with Gasteiger partial charge in [0.25, 0.3) is 0 Å². The van der Waals surface area contributed by atoms with E-state index < -0.39 is 0 Å². The standard InChI is InChI=1S/C15H19N3O3/c1-4-21-15-11(16)6-8-14(18-15)17-12-7-5-10(19-2)9-13(12)20-3/h5-9H,4,16H2,1-3H3,(H,17,18). The first-order chi connectivity index (χ1) is 10.2. The SMILES string of the molecule is CCOc1nc(Nc2ccc(OC)cc2OC)ccc1N. The lowest BCUT2D eigenvalue weighted by molar-refractivity contribution is 0.329. The summed E-state index contributed by atoms with van der Waals surface area (Å²) in [4.78, 5) is 4.33. The van der Waals surface area contributed by atoms with Crippen molar-refractivity contribution in [3.63, 3.8) is 0 Å². The Morgan fingerprint density at radius 2 is 1.95 bits per heavy atom. The summed E-state index contributed by atoms with van der Waals surface area (Å²) in [7, 11) is 3.21. The van der Waals surface area contributed by atoms with Gasteiger partial charge in [-0.25, -0.2) is 0 Å². The molecule has 0 aliphatic heterocycles. The molecule has 1 heterocycles. The predicted octanol–water partition coefficient (Wildman–Crippen LogP) is 2.82. The van der Waals surface area contributed by atoms with Crippen molar-refractivity contribution in [3.05, 3.63) is 30.3 Å². The zero-order chi connectivity index (χ0) is 15.2. The van der Waals surface area contributed by atoms with Gasteiger partial charge in [0, 0.05) is 6.07 Å². The number of hydrogen-bond acceptors (Lipinski definition) is 6. The number of rotatable bonds is 6. The highest BCUT2D eigenvalue weighted by Crippen LogP contribution is 2.32. The number of nitrogens with one attached hydrogen (secondary N) is 1. The molecule has 21 heavy (non-hydrogen) atoms. The van der Waals surface area contributed by atoms with Crippen LogP contribution in [0.15, 0.2) is 30.3 Å². The molecule has 0 fully saturated rings. The second-order valence-corrected chi connectivity index (χ2v) is 4.22. The van der Waals surface area contributed by atoms with Crippen molar-refractivity contribution >= 4 is 17.2 Å². The van der Waals surface area contributed by atoms with Gasteiger partial charge in [0.1, 0.15) is 17.3 Å². The molecule has 0 radical (unpaired) electrons. The van der Waals surface area contributed by atoms with Gasteiger partial charge in [-0.2, -0.15) is 4.98 Å². The Morgan fingerprint density at radius 3 is 2.62 bits per heavy atom. The van der Waals surface area contributed by atoms with Crippen molar-refractivity contribution in [3.8, 4) is 17.4 Å². The third-order valence-electron chi connectivity index (χ3n) is 2.84. The summed E-state index contributed by atoms with van der Waals surface area (Å²) < 4.78 is 15.9. The van der Waals surface area contributed by atoms with E-state index in [1.807, 2.05) is 19.1 Å². The highest BCUT2D eigenvalue weighted by Gasteiger charge is 2.08. The van der Waals surface area contributed by atoms with Gasteiger partial charge in [0.05, 0.1) is 32.2 Å². The first-order valence-electron chi connectivity index (χ1n) is 6.56. The number of ether oxygens (including phenoxy) is 3. The fourth-order valence-electron chi connectivity index (χ4n) is 1.81. The Kier molecular flexibility index (Phi) is 4.71. The molecule has 0 amide bonds. The van der Waals surface area contributed by atoms with Gasteiger partial charge in [-0.3, -0.25) is 0 Å². The molecule has 2 aromatic rings.